The van der Waals surface area contributed by atoms with Crippen LogP contribution >= 0.6 is 23.4 Å². The highest BCUT2D eigenvalue weighted by atomic mass is 35.5. The minimum absolute atomic E-state index is 0.0864. The molecule has 1 unspecified atom stereocenters. The Balaban J connectivity index is 2.04. The van der Waals surface area contributed by atoms with E-state index >= 15 is 0 Å². The molecule has 0 bridgehead atoms. The van der Waals surface area contributed by atoms with Gasteiger partial charge in [0.25, 0.3) is 11.1 Å². The van der Waals surface area contributed by atoms with Crippen LogP contribution < -0.4 is 4.90 Å². The number of carbonyl (C=O) groups is 2. The van der Waals surface area contributed by atoms with E-state index < -0.39 is 0 Å². The molecule has 1 saturated heterocycles. The van der Waals surface area contributed by atoms with Gasteiger partial charge in [-0.1, -0.05) is 31.5 Å². The van der Waals surface area contributed by atoms with E-state index in [9.17, 15) is 9.59 Å². The van der Waals surface area contributed by atoms with E-state index in [1.54, 1.807) is 6.08 Å². The largest absolute Gasteiger partial charge is 0.362 e. The van der Waals surface area contributed by atoms with Crippen LogP contribution in [0.15, 0.2) is 23.1 Å². The second-order valence-corrected chi connectivity index (χ2v) is 9.73. The Bertz CT molecular complexity index is 920. The SMILES string of the molecule is CCCN1c2cc(Cl)c(/C=C3\SC(=O)N(C(C)CC)C3=O)cc2C(C)=CC1(C)C. The number of halogens is 1. The van der Waals surface area contributed by atoms with Crippen molar-refractivity contribution in [1.29, 1.82) is 0 Å². The van der Waals surface area contributed by atoms with Crippen LogP contribution in [0.25, 0.3) is 11.6 Å². The van der Waals surface area contributed by atoms with E-state index in [0.717, 1.165) is 48.0 Å². The molecule has 1 aromatic carbocycles. The third kappa shape index (κ3) is 3.99. The molecule has 156 valence electrons. The summed E-state index contributed by atoms with van der Waals surface area (Å²) in [5.41, 5.74) is 4.11. The number of benzene rings is 1. The quantitative estimate of drug-likeness (QED) is 0.492. The van der Waals surface area contributed by atoms with Crippen molar-refractivity contribution in [2.75, 3.05) is 11.4 Å². The van der Waals surface area contributed by atoms with Crippen LogP contribution in [0.5, 0.6) is 0 Å². The molecule has 0 N–H and O–H groups in total. The summed E-state index contributed by atoms with van der Waals surface area (Å²) < 4.78 is 0. The monoisotopic (exact) mass is 432 g/mol. The van der Waals surface area contributed by atoms with Crippen molar-refractivity contribution < 1.29 is 9.59 Å². The second kappa shape index (κ2) is 8.19. The topological polar surface area (TPSA) is 40.6 Å². The average molecular weight is 433 g/mol. The van der Waals surface area contributed by atoms with Crippen molar-refractivity contribution in [3.8, 4) is 0 Å². The van der Waals surface area contributed by atoms with Gasteiger partial charge in [-0.2, -0.15) is 0 Å². The Kier molecular flexibility index (Phi) is 6.21. The summed E-state index contributed by atoms with van der Waals surface area (Å²) in [7, 11) is 0. The molecular weight excluding hydrogens is 404 g/mol. The van der Waals surface area contributed by atoms with Gasteiger partial charge in [-0.3, -0.25) is 14.5 Å². The van der Waals surface area contributed by atoms with E-state index in [4.69, 9.17) is 11.6 Å². The molecule has 4 nitrogen and oxygen atoms in total. The summed E-state index contributed by atoms with van der Waals surface area (Å²) in [5, 5.41) is 0.377. The summed E-state index contributed by atoms with van der Waals surface area (Å²) in [6.07, 6.45) is 5.81. The minimum atomic E-state index is -0.232. The lowest BCUT2D eigenvalue weighted by atomic mass is 9.87. The smallest absolute Gasteiger partial charge is 0.293 e. The fourth-order valence-electron chi connectivity index (χ4n) is 4.04. The standard InChI is InChI=1S/C23H29ClN2O2S/c1-7-9-25-19-12-18(24)16(10-17(19)14(3)13-23(25,5)6)11-20-21(27)26(15(4)8-2)22(28)29-20/h10-13,15H,7-9H2,1-6H3/b20-11-. The lowest BCUT2D eigenvalue weighted by molar-refractivity contribution is -0.124. The zero-order chi connectivity index (χ0) is 21.5. The molecule has 2 aliphatic heterocycles. The predicted octanol–water partition coefficient (Wildman–Crippen LogP) is 6.59. The van der Waals surface area contributed by atoms with Crippen molar-refractivity contribution >= 4 is 51.8 Å². The van der Waals surface area contributed by atoms with Gasteiger partial charge in [0.15, 0.2) is 0 Å². The average Bonchev–Trinajstić information content (AvgIpc) is 2.92. The van der Waals surface area contributed by atoms with E-state index in [1.807, 2.05) is 26.0 Å². The number of allylic oxidation sites excluding steroid dienone is 1. The molecular formula is C23H29ClN2O2S. The first kappa shape index (κ1) is 22.0. The van der Waals surface area contributed by atoms with Crippen LogP contribution in [0.3, 0.4) is 0 Å². The number of carbonyl (C=O) groups excluding carboxylic acids is 2. The molecule has 2 amide bonds. The lowest BCUT2D eigenvalue weighted by Crippen LogP contribution is -2.45. The van der Waals surface area contributed by atoms with Crippen molar-refractivity contribution in [3.63, 3.8) is 0 Å². The van der Waals surface area contributed by atoms with Gasteiger partial charge >= 0.3 is 0 Å². The number of nitrogens with zero attached hydrogens (tertiary/aromatic N) is 2. The summed E-state index contributed by atoms with van der Waals surface area (Å²) in [5.74, 6) is -0.232. The van der Waals surface area contributed by atoms with Crippen molar-refractivity contribution in [2.45, 2.75) is 66.0 Å². The highest BCUT2D eigenvalue weighted by Gasteiger charge is 2.38. The second-order valence-electron chi connectivity index (χ2n) is 8.33. The van der Waals surface area contributed by atoms with Crippen molar-refractivity contribution in [2.24, 2.45) is 0 Å². The Morgan fingerprint density at radius 1 is 1.24 bits per heavy atom. The zero-order valence-electron chi connectivity index (χ0n) is 18.0. The van der Waals surface area contributed by atoms with E-state index in [0.29, 0.717) is 9.93 Å². The van der Waals surface area contributed by atoms with Gasteiger partial charge in [-0.15, -0.1) is 0 Å². The number of imide groups is 1. The number of rotatable bonds is 5. The van der Waals surface area contributed by atoms with Crippen LogP contribution in [0.4, 0.5) is 10.5 Å². The predicted molar refractivity (Wildman–Crippen MR) is 124 cm³/mol. The number of fused-ring (bicyclic) bond motifs is 1. The maximum atomic E-state index is 12.8. The lowest BCUT2D eigenvalue weighted by Gasteiger charge is -2.43. The Morgan fingerprint density at radius 2 is 1.93 bits per heavy atom. The van der Waals surface area contributed by atoms with Crippen LogP contribution in [-0.4, -0.2) is 34.2 Å². The molecule has 1 aromatic rings. The maximum Gasteiger partial charge on any atom is 0.293 e. The molecule has 6 heteroatoms. The number of amides is 2. The maximum absolute atomic E-state index is 12.8. The van der Waals surface area contributed by atoms with Crippen LogP contribution in [0.2, 0.25) is 5.02 Å². The number of hydrogen-bond donors (Lipinski definition) is 0. The number of hydrogen-bond acceptors (Lipinski definition) is 4. The van der Waals surface area contributed by atoms with Gasteiger partial charge < -0.3 is 4.90 Å². The van der Waals surface area contributed by atoms with Crippen LogP contribution in [0.1, 0.15) is 65.5 Å². The number of thioether (sulfide) groups is 1. The third-order valence-corrected chi connectivity index (χ3v) is 6.90. The van der Waals surface area contributed by atoms with E-state index in [1.165, 1.54) is 10.5 Å². The third-order valence-electron chi connectivity index (χ3n) is 5.69. The molecule has 0 spiro atoms. The highest BCUT2D eigenvalue weighted by molar-refractivity contribution is 8.18. The van der Waals surface area contributed by atoms with Gasteiger partial charge in [0.2, 0.25) is 0 Å². The molecule has 0 aliphatic carbocycles. The first-order valence-corrected chi connectivity index (χ1v) is 11.4. The molecule has 3 rings (SSSR count). The Labute approximate surface area is 183 Å². The van der Waals surface area contributed by atoms with Crippen LogP contribution in [0, 0.1) is 0 Å². The molecule has 0 radical (unpaired) electrons. The van der Waals surface area contributed by atoms with E-state index in [2.05, 4.69) is 38.7 Å². The van der Waals surface area contributed by atoms with Crippen molar-refractivity contribution in [3.05, 3.63) is 39.3 Å². The van der Waals surface area contributed by atoms with Gasteiger partial charge in [0, 0.05) is 28.9 Å². The summed E-state index contributed by atoms with van der Waals surface area (Å²) >= 11 is 7.64. The number of anilines is 1. The first-order valence-electron chi connectivity index (χ1n) is 10.2. The van der Waals surface area contributed by atoms with Gasteiger partial charge in [0.05, 0.1) is 10.4 Å². The van der Waals surface area contributed by atoms with Crippen LogP contribution in [-0.2, 0) is 4.79 Å². The fourth-order valence-corrected chi connectivity index (χ4v) is 5.17. The molecule has 2 heterocycles. The Hall–Kier alpha value is -1.72. The summed E-state index contributed by atoms with van der Waals surface area (Å²) in [4.78, 5) is 29.2. The molecule has 2 aliphatic rings. The zero-order valence-corrected chi connectivity index (χ0v) is 19.6. The molecule has 29 heavy (non-hydrogen) atoms. The molecule has 1 fully saturated rings. The van der Waals surface area contributed by atoms with Gasteiger partial charge in [-0.05, 0) is 81.6 Å². The molecule has 0 saturated carbocycles. The summed E-state index contributed by atoms with van der Waals surface area (Å²) in [6.45, 7) is 13.5. The first-order chi connectivity index (χ1) is 13.6. The van der Waals surface area contributed by atoms with E-state index in [-0.39, 0.29) is 22.7 Å². The Morgan fingerprint density at radius 3 is 2.55 bits per heavy atom. The van der Waals surface area contributed by atoms with Crippen molar-refractivity contribution in [1.82, 2.24) is 4.90 Å². The molecule has 0 aromatic heterocycles. The minimum Gasteiger partial charge on any atom is -0.362 e. The normalized spacial score (nSPS) is 20.9. The highest BCUT2D eigenvalue weighted by Crippen LogP contribution is 2.43. The fraction of sp³-hybridized carbons (Fsp3) is 0.478. The molecule has 1 atom stereocenters. The van der Waals surface area contributed by atoms with Gasteiger partial charge in [-0.25, -0.2) is 0 Å². The summed E-state index contributed by atoms with van der Waals surface area (Å²) in [6, 6.07) is 3.93. The van der Waals surface area contributed by atoms with Gasteiger partial charge in [0.1, 0.15) is 0 Å².